The zero-order valence-electron chi connectivity index (χ0n) is 31.0. The van der Waals surface area contributed by atoms with Crippen molar-refractivity contribution < 1.29 is 9.90 Å². The van der Waals surface area contributed by atoms with Gasteiger partial charge in [-0.2, -0.15) is 0 Å². The summed E-state index contributed by atoms with van der Waals surface area (Å²) in [5.41, 5.74) is 12.1. The van der Waals surface area contributed by atoms with E-state index in [1.807, 2.05) is 48.5 Å². The molecule has 0 unspecified atom stereocenters. The molecule has 0 atom stereocenters. The van der Waals surface area contributed by atoms with Gasteiger partial charge in [0.15, 0.2) is 0 Å². The van der Waals surface area contributed by atoms with Crippen LogP contribution in [0.1, 0.15) is 16.6 Å². The molecule has 0 bridgehead atoms. The Hall–Kier alpha value is -6.44. The highest BCUT2D eigenvalue weighted by molar-refractivity contribution is 6.27. The van der Waals surface area contributed by atoms with Crippen molar-refractivity contribution in [3.8, 4) is 44.5 Å². The van der Waals surface area contributed by atoms with Gasteiger partial charge in [0.2, 0.25) is 0 Å². The van der Waals surface area contributed by atoms with Crippen LogP contribution in [0, 0.1) is 0 Å². The summed E-state index contributed by atoms with van der Waals surface area (Å²) in [4.78, 5) is 0. The maximum absolute atomic E-state index is 9.56. The number of hydrogen-bond donors (Lipinski definition) is 0. The molecule has 1 aromatic heterocycles. The highest BCUT2D eigenvalue weighted by Gasteiger charge is 2.26. The van der Waals surface area contributed by atoms with Crippen molar-refractivity contribution in [2.45, 2.75) is 6.42 Å². The molecular weight excluding hydrogens is 605 g/mol. The topological polar surface area (TPSA) is 13.1 Å². The quantitative estimate of drug-likeness (QED) is 0.176. The van der Waals surface area contributed by atoms with Crippen molar-refractivity contribution in [1.82, 2.24) is 0 Å². The molecule has 9 aromatic carbocycles. The lowest BCUT2D eigenvalue weighted by atomic mass is 9.83. The van der Waals surface area contributed by atoms with Crippen molar-refractivity contribution in [2.75, 3.05) is 0 Å². The van der Waals surface area contributed by atoms with Gasteiger partial charge in [0, 0.05) is 16.3 Å². The summed E-state index contributed by atoms with van der Waals surface area (Å²) in [6.45, 7) is 0. The lowest BCUT2D eigenvalue weighted by molar-refractivity contribution is 0.670. The van der Waals surface area contributed by atoms with Gasteiger partial charge in [-0.25, -0.2) is 0 Å². The molecular formula is C49H30O. The smallest absolute Gasteiger partial charge is 0.143 e. The Balaban J connectivity index is 1.30. The van der Waals surface area contributed by atoms with E-state index in [4.69, 9.17) is 7.16 Å². The van der Waals surface area contributed by atoms with Crippen LogP contribution >= 0.6 is 0 Å². The van der Waals surface area contributed by atoms with E-state index in [9.17, 15) is 2.74 Å². The first-order valence-corrected chi connectivity index (χ1v) is 17.1. The molecule has 0 N–H and O–H groups in total. The van der Waals surface area contributed by atoms with Crippen molar-refractivity contribution >= 4 is 54.3 Å². The van der Waals surface area contributed by atoms with Crippen LogP contribution in [0.5, 0.6) is 0 Å². The third-order valence-electron chi connectivity index (χ3n) is 10.6. The van der Waals surface area contributed by atoms with Gasteiger partial charge in [-0.1, -0.05) is 158 Å². The van der Waals surface area contributed by atoms with E-state index < -0.39 is 0 Å². The summed E-state index contributed by atoms with van der Waals surface area (Å²) >= 11 is 0. The number of para-hydroxylation sites is 1. The molecule has 232 valence electrons. The molecule has 1 heteroatoms. The fourth-order valence-corrected chi connectivity index (χ4v) is 8.54. The van der Waals surface area contributed by atoms with Gasteiger partial charge in [0.1, 0.15) is 11.2 Å². The van der Waals surface area contributed by atoms with Gasteiger partial charge in [-0.15, -0.1) is 0 Å². The minimum absolute atomic E-state index is 0.0507. The van der Waals surface area contributed by atoms with E-state index in [1.54, 1.807) is 0 Å². The Morgan fingerprint density at radius 1 is 0.420 bits per heavy atom. The number of furan rings is 1. The monoisotopic (exact) mass is 638 g/mol. The summed E-state index contributed by atoms with van der Waals surface area (Å²) in [6.07, 6.45) is 0.840. The van der Waals surface area contributed by atoms with Gasteiger partial charge in [0.25, 0.3) is 0 Å². The Bertz CT molecular complexity index is 3240. The third-order valence-corrected chi connectivity index (χ3v) is 10.6. The minimum atomic E-state index is -0.253. The average molecular weight is 639 g/mol. The second kappa shape index (κ2) is 10.5. The lowest BCUT2D eigenvalue weighted by Crippen LogP contribution is -1.93. The zero-order valence-corrected chi connectivity index (χ0v) is 27.0. The number of fused-ring (bicyclic) bond motifs is 9. The van der Waals surface area contributed by atoms with Gasteiger partial charge in [0.05, 0.1) is 5.48 Å². The first-order valence-electron chi connectivity index (χ1n) is 19.1. The summed E-state index contributed by atoms with van der Waals surface area (Å²) < 4.78 is 43.8. The van der Waals surface area contributed by atoms with Crippen LogP contribution in [0.15, 0.2) is 174 Å². The fraction of sp³-hybridized carbons (Fsp3) is 0.0204. The first-order chi connectivity index (χ1) is 26.5. The highest BCUT2D eigenvalue weighted by atomic mass is 16.3. The van der Waals surface area contributed by atoms with E-state index in [0.29, 0.717) is 10.8 Å². The Labute approximate surface area is 295 Å². The van der Waals surface area contributed by atoms with Crippen molar-refractivity contribution in [2.24, 2.45) is 0 Å². The molecule has 0 amide bonds. The first kappa shape index (κ1) is 23.8. The van der Waals surface area contributed by atoms with Crippen LogP contribution in [-0.4, -0.2) is 0 Å². The summed E-state index contributed by atoms with van der Waals surface area (Å²) in [5, 5.41) is 6.81. The largest absolute Gasteiger partial charge is 0.455 e. The van der Waals surface area contributed by atoms with Gasteiger partial charge in [-0.3, -0.25) is 0 Å². The molecule has 11 rings (SSSR count). The summed E-state index contributed by atoms with van der Waals surface area (Å²) in [7, 11) is 0. The fourth-order valence-electron chi connectivity index (χ4n) is 8.54. The Kier molecular flexibility index (Phi) is 5.01. The molecule has 1 nitrogen and oxygen atoms in total. The van der Waals surface area contributed by atoms with Crippen LogP contribution < -0.4 is 0 Å². The minimum Gasteiger partial charge on any atom is -0.455 e. The van der Waals surface area contributed by atoms with E-state index in [2.05, 4.69) is 97.1 Å². The second-order valence-corrected chi connectivity index (χ2v) is 13.2. The molecule has 1 aliphatic rings. The van der Waals surface area contributed by atoms with Gasteiger partial charge >= 0.3 is 0 Å². The normalized spacial score (nSPS) is 13.4. The molecule has 50 heavy (non-hydrogen) atoms. The predicted octanol–water partition coefficient (Wildman–Crippen LogP) is 13.6. The van der Waals surface area contributed by atoms with Crippen LogP contribution in [0.2, 0.25) is 0 Å². The lowest BCUT2D eigenvalue weighted by Gasteiger charge is -2.19. The van der Waals surface area contributed by atoms with Crippen LogP contribution in [0.25, 0.3) is 98.8 Å². The van der Waals surface area contributed by atoms with Gasteiger partial charge < -0.3 is 4.42 Å². The second-order valence-electron chi connectivity index (χ2n) is 13.2. The molecule has 1 heterocycles. The predicted molar refractivity (Wildman–Crippen MR) is 211 cm³/mol. The molecule has 0 radical (unpaired) electrons. The highest BCUT2D eigenvalue weighted by Crippen LogP contribution is 2.50. The van der Waals surface area contributed by atoms with E-state index in [-0.39, 0.29) is 24.2 Å². The average Bonchev–Trinajstić information content (AvgIpc) is 3.80. The van der Waals surface area contributed by atoms with E-state index >= 15 is 0 Å². The standard InChI is InChI=1S/C49H30O/c1-3-16-32-30(13-1)15-11-25-36(32)46-37-18-5-7-20-39(37)47(40-21-8-6-19-38(40)46)43-28-27-41(49-48(43)42-22-9-10-26-45(42)50-49)35-24-12-23-34-33-17-4-2-14-31(33)29-44(34)35/h1-28H,29H2/i5D,7D,18D,20D. The van der Waals surface area contributed by atoms with E-state index in [1.165, 1.54) is 22.3 Å². The molecule has 0 saturated heterocycles. The maximum atomic E-state index is 9.56. The third kappa shape index (κ3) is 3.83. The van der Waals surface area contributed by atoms with Crippen LogP contribution in [0.3, 0.4) is 0 Å². The summed E-state index contributed by atoms with van der Waals surface area (Å²) in [6, 6.07) is 49.5. The van der Waals surface area contributed by atoms with Gasteiger partial charge in [-0.05, 0) is 101 Å². The number of rotatable bonds is 3. The van der Waals surface area contributed by atoms with Crippen molar-refractivity contribution in [3.05, 3.63) is 181 Å². The Morgan fingerprint density at radius 2 is 0.980 bits per heavy atom. The molecule has 10 aromatic rings. The number of benzene rings is 9. The molecule has 0 spiro atoms. The molecule has 0 fully saturated rings. The SMILES string of the molecule is [2H]c1c([2H])c([2H])c2c(-c3ccc(-c4cccc5c4Cc4ccccc4-5)c4oc5ccccc5c34)c3ccccc3c(-c3cccc4ccccc34)c2c1[2H]. The van der Waals surface area contributed by atoms with Crippen LogP contribution in [-0.2, 0) is 6.42 Å². The Morgan fingerprint density at radius 3 is 1.80 bits per heavy atom. The summed E-state index contributed by atoms with van der Waals surface area (Å²) in [5.74, 6) is 0. The molecule has 0 aliphatic heterocycles. The number of hydrogen-bond acceptors (Lipinski definition) is 1. The van der Waals surface area contributed by atoms with Crippen molar-refractivity contribution in [3.63, 3.8) is 0 Å². The molecule has 1 aliphatic carbocycles. The van der Waals surface area contributed by atoms with Crippen molar-refractivity contribution in [1.29, 1.82) is 0 Å². The van der Waals surface area contributed by atoms with E-state index in [0.717, 1.165) is 83.3 Å². The zero-order chi connectivity index (χ0) is 36.2. The maximum Gasteiger partial charge on any atom is 0.143 e. The van der Waals surface area contributed by atoms with Crippen LogP contribution in [0.4, 0.5) is 0 Å². The molecule has 0 saturated carbocycles.